The molecule has 6 heteroatoms. The van der Waals surface area contributed by atoms with E-state index in [1.54, 1.807) is 25.2 Å². The summed E-state index contributed by atoms with van der Waals surface area (Å²) in [6.45, 7) is 3.34. The second-order valence-corrected chi connectivity index (χ2v) is 5.40. The lowest BCUT2D eigenvalue weighted by atomic mass is 10.1. The average molecular weight is 323 g/mol. The minimum absolute atomic E-state index is 0.0957. The predicted octanol–water partition coefficient (Wildman–Crippen LogP) is 2.76. The van der Waals surface area contributed by atoms with Gasteiger partial charge in [-0.3, -0.25) is 4.79 Å². The zero-order valence-electron chi connectivity index (χ0n) is 12.8. The first-order valence-corrected chi connectivity index (χ1v) is 7.24. The van der Waals surface area contributed by atoms with Crippen LogP contribution >= 0.6 is 0 Å². The Hall–Kier alpha value is -2.34. The fourth-order valence-corrected chi connectivity index (χ4v) is 2.30. The molecule has 0 aliphatic heterocycles. The normalized spacial score (nSPS) is 13.4. The molecule has 2 aromatic carbocycles. The van der Waals surface area contributed by atoms with Gasteiger partial charge in [0.1, 0.15) is 23.5 Å². The summed E-state index contributed by atoms with van der Waals surface area (Å²) in [4.78, 5) is 12.1. The number of quaternary nitrogens is 1. The van der Waals surface area contributed by atoms with Crippen LogP contribution in [0.4, 0.5) is 18.9 Å². The number of para-hydroxylation sites is 1. The fraction of sp³-hybridized carbons (Fsp3) is 0.235. The highest BCUT2D eigenvalue weighted by atomic mass is 19.1. The van der Waals surface area contributed by atoms with Crippen LogP contribution in [0.2, 0.25) is 0 Å². The average Bonchev–Trinajstić information content (AvgIpc) is 2.49. The molecule has 0 fully saturated rings. The molecule has 1 amide bonds. The van der Waals surface area contributed by atoms with Crippen molar-refractivity contribution in [2.24, 2.45) is 0 Å². The Morgan fingerprint density at radius 1 is 1.04 bits per heavy atom. The summed E-state index contributed by atoms with van der Waals surface area (Å²) >= 11 is 0. The molecular weight excluding hydrogens is 305 g/mol. The van der Waals surface area contributed by atoms with Gasteiger partial charge in [0.2, 0.25) is 0 Å². The highest BCUT2D eigenvalue weighted by Crippen LogP contribution is 2.15. The summed E-state index contributed by atoms with van der Waals surface area (Å²) in [7, 11) is 0. The SMILES string of the molecule is C[C@H]([NH2+][C@@H](C)c1ccc(F)cc1F)C(=O)Nc1ccccc1F. The number of anilines is 1. The van der Waals surface area contributed by atoms with Gasteiger partial charge in [0, 0.05) is 11.6 Å². The number of benzene rings is 2. The molecule has 0 saturated carbocycles. The van der Waals surface area contributed by atoms with E-state index in [2.05, 4.69) is 5.32 Å². The lowest BCUT2D eigenvalue weighted by molar-refractivity contribution is -0.710. The third-order valence-electron chi connectivity index (χ3n) is 3.58. The minimum atomic E-state index is -0.657. The van der Waals surface area contributed by atoms with Crippen LogP contribution in [0.25, 0.3) is 0 Å². The maximum atomic E-state index is 13.7. The van der Waals surface area contributed by atoms with Gasteiger partial charge in [-0.1, -0.05) is 12.1 Å². The number of hydrogen-bond donors (Lipinski definition) is 2. The Kier molecular flexibility index (Phi) is 5.39. The standard InChI is InChI=1S/C17H17F3N2O/c1-10(13-8-7-12(18)9-15(13)20)21-11(2)17(23)22-16-6-4-3-5-14(16)19/h3-11,21H,1-2H3,(H,22,23)/p+1/t10-,11-/m0/s1. The van der Waals surface area contributed by atoms with E-state index in [-0.39, 0.29) is 5.69 Å². The lowest BCUT2D eigenvalue weighted by Gasteiger charge is -2.17. The number of nitrogens with one attached hydrogen (secondary N) is 1. The van der Waals surface area contributed by atoms with Gasteiger partial charge in [-0.25, -0.2) is 13.2 Å². The van der Waals surface area contributed by atoms with E-state index in [0.29, 0.717) is 5.56 Å². The van der Waals surface area contributed by atoms with Crippen LogP contribution in [0.15, 0.2) is 42.5 Å². The van der Waals surface area contributed by atoms with E-state index in [0.717, 1.165) is 6.07 Å². The first kappa shape index (κ1) is 17.0. The first-order valence-electron chi connectivity index (χ1n) is 7.24. The highest BCUT2D eigenvalue weighted by Gasteiger charge is 2.23. The Balaban J connectivity index is 2.01. The fourth-order valence-electron chi connectivity index (χ4n) is 2.30. The third-order valence-corrected chi connectivity index (χ3v) is 3.58. The largest absolute Gasteiger partial charge is 0.330 e. The van der Waals surface area contributed by atoms with Crippen LogP contribution < -0.4 is 10.6 Å². The van der Waals surface area contributed by atoms with Crippen molar-refractivity contribution in [3.8, 4) is 0 Å². The van der Waals surface area contributed by atoms with Crippen molar-refractivity contribution >= 4 is 11.6 Å². The van der Waals surface area contributed by atoms with E-state index in [1.807, 2.05) is 0 Å². The molecule has 0 radical (unpaired) electrons. The van der Waals surface area contributed by atoms with Gasteiger partial charge in [-0.2, -0.15) is 0 Å². The van der Waals surface area contributed by atoms with Crippen LogP contribution in [0, 0.1) is 17.5 Å². The molecular formula is C17H18F3N2O+. The molecule has 2 atom stereocenters. The number of carbonyl (C=O) groups excluding carboxylic acids is 1. The molecule has 0 spiro atoms. The molecule has 0 saturated heterocycles. The molecule has 0 aliphatic rings. The number of nitrogens with two attached hydrogens (primary N) is 1. The summed E-state index contributed by atoms with van der Waals surface area (Å²) in [6.07, 6.45) is 0. The summed E-state index contributed by atoms with van der Waals surface area (Å²) < 4.78 is 40.2. The number of rotatable bonds is 5. The number of carbonyl (C=O) groups is 1. The van der Waals surface area contributed by atoms with Crippen molar-refractivity contribution in [3.05, 3.63) is 65.5 Å². The van der Waals surface area contributed by atoms with Crippen LogP contribution in [0.3, 0.4) is 0 Å². The zero-order valence-corrected chi connectivity index (χ0v) is 12.8. The van der Waals surface area contributed by atoms with Gasteiger partial charge < -0.3 is 10.6 Å². The highest BCUT2D eigenvalue weighted by molar-refractivity contribution is 5.93. The van der Waals surface area contributed by atoms with E-state index in [1.165, 1.54) is 30.3 Å². The first-order chi connectivity index (χ1) is 10.9. The maximum Gasteiger partial charge on any atom is 0.282 e. The van der Waals surface area contributed by atoms with Gasteiger partial charge >= 0.3 is 0 Å². The molecule has 3 nitrogen and oxygen atoms in total. The number of hydrogen-bond acceptors (Lipinski definition) is 1. The summed E-state index contributed by atoms with van der Waals surface area (Å²) in [5, 5.41) is 4.12. The zero-order chi connectivity index (χ0) is 17.0. The van der Waals surface area contributed by atoms with Crippen molar-refractivity contribution in [2.45, 2.75) is 25.9 Å². The molecule has 2 rings (SSSR count). The van der Waals surface area contributed by atoms with Gasteiger partial charge in [0.25, 0.3) is 5.91 Å². The second-order valence-electron chi connectivity index (χ2n) is 5.40. The summed E-state index contributed by atoms with van der Waals surface area (Å²) in [5.41, 5.74) is 0.398. The molecule has 0 aromatic heterocycles. The Bertz CT molecular complexity index is 706. The smallest absolute Gasteiger partial charge is 0.282 e. The Morgan fingerprint density at radius 3 is 2.39 bits per heavy atom. The summed E-state index contributed by atoms with van der Waals surface area (Å²) in [5.74, 6) is -2.23. The monoisotopic (exact) mass is 323 g/mol. The molecule has 2 aromatic rings. The molecule has 0 bridgehead atoms. The maximum absolute atomic E-state index is 13.7. The molecule has 122 valence electrons. The van der Waals surface area contributed by atoms with E-state index < -0.39 is 35.4 Å². The molecule has 23 heavy (non-hydrogen) atoms. The summed E-state index contributed by atoms with van der Waals surface area (Å²) in [6, 6.07) is 8.22. The van der Waals surface area contributed by atoms with Gasteiger partial charge in [0.15, 0.2) is 6.04 Å². The number of halogens is 3. The minimum Gasteiger partial charge on any atom is -0.330 e. The lowest BCUT2D eigenvalue weighted by Crippen LogP contribution is -2.91. The van der Waals surface area contributed by atoms with Crippen molar-refractivity contribution in [2.75, 3.05) is 5.32 Å². The van der Waals surface area contributed by atoms with Gasteiger partial charge in [-0.05, 0) is 38.1 Å². The number of amides is 1. The van der Waals surface area contributed by atoms with Crippen LogP contribution in [-0.4, -0.2) is 11.9 Å². The predicted molar refractivity (Wildman–Crippen MR) is 81.2 cm³/mol. The topological polar surface area (TPSA) is 45.7 Å². The Labute approximate surface area is 132 Å². The van der Waals surface area contributed by atoms with Gasteiger partial charge in [0.05, 0.1) is 5.69 Å². The van der Waals surface area contributed by atoms with Gasteiger partial charge in [-0.15, -0.1) is 0 Å². The Morgan fingerprint density at radius 2 is 1.74 bits per heavy atom. The van der Waals surface area contributed by atoms with Crippen LogP contribution in [-0.2, 0) is 4.79 Å². The van der Waals surface area contributed by atoms with Crippen molar-refractivity contribution in [3.63, 3.8) is 0 Å². The molecule has 0 aliphatic carbocycles. The van der Waals surface area contributed by atoms with Crippen LogP contribution in [0.1, 0.15) is 25.5 Å². The molecule has 3 N–H and O–H groups in total. The second kappa shape index (κ2) is 7.28. The van der Waals surface area contributed by atoms with E-state index in [9.17, 15) is 18.0 Å². The quantitative estimate of drug-likeness (QED) is 0.873. The molecule has 0 heterocycles. The van der Waals surface area contributed by atoms with Crippen LogP contribution in [0.5, 0.6) is 0 Å². The van der Waals surface area contributed by atoms with Crippen molar-refractivity contribution < 1.29 is 23.3 Å². The molecule has 0 unspecified atom stereocenters. The third kappa shape index (κ3) is 4.32. The van der Waals surface area contributed by atoms with E-state index in [4.69, 9.17) is 0 Å². The van der Waals surface area contributed by atoms with Crippen molar-refractivity contribution in [1.82, 2.24) is 0 Å². The van der Waals surface area contributed by atoms with Crippen molar-refractivity contribution in [1.29, 1.82) is 0 Å². The van der Waals surface area contributed by atoms with E-state index >= 15 is 0 Å².